The number of rotatable bonds is 0. The largest absolute Gasteiger partial charge is 0.456 e. The molecular formula is C12H11BrO2. The van der Waals surface area contributed by atoms with Gasteiger partial charge in [-0.2, -0.15) is 0 Å². The van der Waals surface area contributed by atoms with Crippen molar-refractivity contribution in [1.82, 2.24) is 0 Å². The summed E-state index contributed by atoms with van der Waals surface area (Å²) in [6.07, 6.45) is 6.05. The lowest BCUT2D eigenvalue weighted by atomic mass is 9.87. The van der Waals surface area contributed by atoms with E-state index in [0.29, 0.717) is 0 Å². The summed E-state index contributed by atoms with van der Waals surface area (Å²) in [4.78, 5) is 0. The van der Waals surface area contributed by atoms with Crippen LogP contribution in [0.15, 0.2) is 35.2 Å². The van der Waals surface area contributed by atoms with Gasteiger partial charge in [0.1, 0.15) is 12.5 Å². The van der Waals surface area contributed by atoms with Crippen molar-refractivity contribution in [3.05, 3.63) is 46.3 Å². The zero-order chi connectivity index (χ0) is 10.3. The summed E-state index contributed by atoms with van der Waals surface area (Å²) in [6.45, 7) is 0. The van der Waals surface area contributed by atoms with Crippen LogP contribution >= 0.6 is 15.9 Å². The number of hydrogen-bond acceptors (Lipinski definition) is 2. The standard InChI is InChI=1S/C12H11BrO2/c13-11-2-1-10-8-12(14-5-6-15-12)4-3-9(10)7-11/h1-2,5-7H,3-4,8H2. The summed E-state index contributed by atoms with van der Waals surface area (Å²) in [5.74, 6) is -0.416. The first-order valence-corrected chi connectivity index (χ1v) is 5.85. The summed E-state index contributed by atoms with van der Waals surface area (Å²) < 4.78 is 12.3. The third-order valence-corrected chi connectivity index (χ3v) is 3.52. The Balaban J connectivity index is 1.93. The van der Waals surface area contributed by atoms with Crippen molar-refractivity contribution in [1.29, 1.82) is 0 Å². The third kappa shape index (κ3) is 1.55. The molecule has 1 heterocycles. The molecule has 1 aromatic rings. The van der Waals surface area contributed by atoms with Gasteiger partial charge in [-0.25, -0.2) is 0 Å². The molecule has 0 bridgehead atoms. The molecule has 0 radical (unpaired) electrons. The van der Waals surface area contributed by atoms with Crippen molar-refractivity contribution >= 4 is 15.9 Å². The minimum atomic E-state index is -0.416. The van der Waals surface area contributed by atoms with Gasteiger partial charge in [-0.1, -0.05) is 22.0 Å². The topological polar surface area (TPSA) is 18.5 Å². The van der Waals surface area contributed by atoms with E-state index in [4.69, 9.17) is 9.47 Å². The van der Waals surface area contributed by atoms with Crippen molar-refractivity contribution in [2.24, 2.45) is 0 Å². The molecule has 1 aliphatic heterocycles. The monoisotopic (exact) mass is 266 g/mol. The van der Waals surface area contributed by atoms with Gasteiger partial charge in [0.15, 0.2) is 0 Å². The molecule has 1 spiro atoms. The second-order valence-electron chi connectivity index (χ2n) is 4.01. The van der Waals surface area contributed by atoms with Crippen molar-refractivity contribution in [2.45, 2.75) is 25.0 Å². The highest BCUT2D eigenvalue weighted by molar-refractivity contribution is 9.10. The minimum Gasteiger partial charge on any atom is -0.456 e. The van der Waals surface area contributed by atoms with Crippen LogP contribution in [-0.4, -0.2) is 5.79 Å². The molecule has 0 unspecified atom stereocenters. The van der Waals surface area contributed by atoms with E-state index < -0.39 is 5.79 Å². The van der Waals surface area contributed by atoms with Crippen LogP contribution in [0.25, 0.3) is 0 Å². The molecule has 0 aromatic heterocycles. The average Bonchev–Trinajstić information content (AvgIpc) is 2.67. The van der Waals surface area contributed by atoms with E-state index in [-0.39, 0.29) is 0 Å². The molecule has 2 nitrogen and oxygen atoms in total. The first-order chi connectivity index (χ1) is 7.27. The van der Waals surface area contributed by atoms with E-state index in [0.717, 1.165) is 23.7 Å². The van der Waals surface area contributed by atoms with Crippen LogP contribution in [0.3, 0.4) is 0 Å². The maximum Gasteiger partial charge on any atom is 0.254 e. The van der Waals surface area contributed by atoms with Crippen LogP contribution in [-0.2, 0) is 22.3 Å². The fourth-order valence-electron chi connectivity index (χ4n) is 2.24. The average molecular weight is 267 g/mol. The molecule has 0 saturated heterocycles. The minimum absolute atomic E-state index is 0.416. The molecule has 0 amide bonds. The third-order valence-electron chi connectivity index (χ3n) is 3.02. The number of fused-ring (bicyclic) bond motifs is 1. The highest BCUT2D eigenvalue weighted by Gasteiger charge is 2.39. The van der Waals surface area contributed by atoms with E-state index in [1.54, 1.807) is 12.5 Å². The van der Waals surface area contributed by atoms with Gasteiger partial charge >= 0.3 is 0 Å². The Hall–Kier alpha value is -0.960. The molecular weight excluding hydrogens is 256 g/mol. The number of benzene rings is 1. The van der Waals surface area contributed by atoms with Gasteiger partial charge in [0.25, 0.3) is 5.79 Å². The van der Waals surface area contributed by atoms with E-state index in [1.807, 2.05) is 0 Å². The van der Waals surface area contributed by atoms with Crippen LogP contribution in [0, 0.1) is 0 Å². The van der Waals surface area contributed by atoms with Gasteiger partial charge in [-0.3, -0.25) is 0 Å². The summed E-state index contributed by atoms with van der Waals surface area (Å²) in [6, 6.07) is 6.40. The van der Waals surface area contributed by atoms with Crippen LogP contribution in [0.4, 0.5) is 0 Å². The summed E-state index contributed by atoms with van der Waals surface area (Å²) in [7, 11) is 0. The molecule has 15 heavy (non-hydrogen) atoms. The highest BCUT2D eigenvalue weighted by atomic mass is 79.9. The van der Waals surface area contributed by atoms with Gasteiger partial charge in [-0.05, 0) is 29.7 Å². The summed E-state index contributed by atoms with van der Waals surface area (Å²) in [5.41, 5.74) is 2.72. The zero-order valence-electron chi connectivity index (χ0n) is 8.20. The van der Waals surface area contributed by atoms with Crippen LogP contribution in [0.1, 0.15) is 17.5 Å². The van der Waals surface area contributed by atoms with Crippen molar-refractivity contribution in [3.8, 4) is 0 Å². The van der Waals surface area contributed by atoms with Gasteiger partial charge < -0.3 is 9.47 Å². The van der Waals surface area contributed by atoms with Crippen LogP contribution in [0.2, 0.25) is 0 Å². The molecule has 2 aliphatic rings. The Morgan fingerprint density at radius 3 is 2.73 bits per heavy atom. The number of hydrogen-bond donors (Lipinski definition) is 0. The summed E-state index contributed by atoms with van der Waals surface area (Å²) in [5, 5.41) is 0. The number of halogens is 1. The lowest BCUT2D eigenvalue weighted by molar-refractivity contribution is -0.148. The van der Waals surface area contributed by atoms with E-state index in [9.17, 15) is 0 Å². The first-order valence-electron chi connectivity index (χ1n) is 5.05. The Kier molecular flexibility index (Phi) is 2.02. The smallest absolute Gasteiger partial charge is 0.254 e. The van der Waals surface area contributed by atoms with Crippen LogP contribution < -0.4 is 0 Å². The van der Waals surface area contributed by atoms with E-state index >= 15 is 0 Å². The fourth-order valence-corrected chi connectivity index (χ4v) is 2.64. The Morgan fingerprint density at radius 2 is 1.93 bits per heavy atom. The SMILES string of the molecule is Brc1ccc2c(c1)CCC1(C2)OC=CO1. The Morgan fingerprint density at radius 1 is 1.13 bits per heavy atom. The molecule has 0 atom stereocenters. The van der Waals surface area contributed by atoms with Gasteiger partial charge in [-0.15, -0.1) is 0 Å². The normalized spacial score (nSPS) is 20.9. The molecule has 0 saturated carbocycles. The fraction of sp³-hybridized carbons (Fsp3) is 0.333. The number of ether oxygens (including phenoxy) is 2. The highest BCUT2D eigenvalue weighted by Crippen LogP contribution is 2.36. The first kappa shape index (κ1) is 9.28. The quantitative estimate of drug-likeness (QED) is 0.718. The second kappa shape index (κ2) is 3.27. The lowest BCUT2D eigenvalue weighted by Crippen LogP contribution is -2.36. The maximum absolute atomic E-state index is 5.55. The predicted molar refractivity (Wildman–Crippen MR) is 60.2 cm³/mol. The van der Waals surface area contributed by atoms with Gasteiger partial charge in [0, 0.05) is 10.9 Å². The molecule has 0 N–H and O–H groups in total. The molecule has 3 heteroatoms. The van der Waals surface area contributed by atoms with Gasteiger partial charge in [0.2, 0.25) is 0 Å². The predicted octanol–water partition coefficient (Wildman–Crippen LogP) is 3.15. The number of aryl methyl sites for hydroxylation is 1. The van der Waals surface area contributed by atoms with Crippen LogP contribution in [0.5, 0.6) is 0 Å². The maximum atomic E-state index is 5.55. The lowest BCUT2D eigenvalue weighted by Gasteiger charge is -2.32. The van der Waals surface area contributed by atoms with Crippen molar-refractivity contribution in [3.63, 3.8) is 0 Å². The molecule has 3 rings (SSSR count). The van der Waals surface area contributed by atoms with Crippen molar-refractivity contribution in [2.75, 3.05) is 0 Å². The second-order valence-corrected chi connectivity index (χ2v) is 4.92. The van der Waals surface area contributed by atoms with E-state index in [1.165, 1.54) is 11.1 Å². The van der Waals surface area contributed by atoms with E-state index in [2.05, 4.69) is 34.1 Å². The molecule has 0 fully saturated rings. The molecule has 78 valence electrons. The van der Waals surface area contributed by atoms with Gasteiger partial charge in [0.05, 0.1) is 6.42 Å². The summed E-state index contributed by atoms with van der Waals surface area (Å²) >= 11 is 3.49. The molecule has 1 aromatic carbocycles. The van der Waals surface area contributed by atoms with Crippen molar-refractivity contribution < 1.29 is 9.47 Å². The Labute approximate surface area is 97.0 Å². The molecule has 1 aliphatic carbocycles. The zero-order valence-corrected chi connectivity index (χ0v) is 9.79. The Bertz CT molecular complexity index is 418.